The smallest absolute Gasteiger partial charge is 0.252 e. The van der Waals surface area contributed by atoms with Gasteiger partial charge in [0.25, 0.3) is 10.0 Å². The number of rotatable bonds is 7. The molecule has 0 spiro atoms. The maximum atomic E-state index is 12.7. The molecule has 6 nitrogen and oxygen atoms in total. The van der Waals surface area contributed by atoms with Crippen LogP contribution >= 0.6 is 34.3 Å². The summed E-state index contributed by atoms with van der Waals surface area (Å²) < 4.78 is 28.6. The summed E-state index contributed by atoms with van der Waals surface area (Å²) in [5.41, 5.74) is 1.03. The van der Waals surface area contributed by atoms with E-state index in [-0.39, 0.29) is 10.1 Å². The number of para-hydroxylation sites is 1. The number of carbonyl (C=O) groups is 1. The van der Waals surface area contributed by atoms with Crippen molar-refractivity contribution in [3.05, 3.63) is 45.7 Å². The van der Waals surface area contributed by atoms with Crippen LogP contribution in [0.5, 0.6) is 0 Å². The number of sulfonamides is 1. The van der Waals surface area contributed by atoms with Gasteiger partial charge in [0.1, 0.15) is 4.21 Å². The van der Waals surface area contributed by atoms with Crippen molar-refractivity contribution in [3.8, 4) is 0 Å². The Kier molecular flexibility index (Phi) is 6.74. The monoisotopic (exact) mass is 483 g/mol. The minimum Gasteiger partial charge on any atom is -0.340 e. The molecule has 3 heterocycles. The van der Waals surface area contributed by atoms with Crippen LogP contribution in [-0.2, 0) is 21.2 Å². The molecule has 160 valence electrons. The molecule has 0 N–H and O–H groups in total. The highest BCUT2D eigenvalue weighted by Crippen LogP contribution is 2.28. The molecule has 3 aromatic rings. The van der Waals surface area contributed by atoms with Crippen molar-refractivity contribution in [2.45, 2.75) is 29.9 Å². The molecule has 2 aromatic heterocycles. The first kappa shape index (κ1) is 21.7. The van der Waals surface area contributed by atoms with Crippen LogP contribution < -0.4 is 0 Å². The lowest BCUT2D eigenvalue weighted by Gasteiger charge is -2.33. The van der Waals surface area contributed by atoms with Gasteiger partial charge in [-0.15, -0.1) is 22.7 Å². The fourth-order valence-corrected chi connectivity index (χ4v) is 7.55. The first-order valence-corrected chi connectivity index (χ1v) is 13.3. The Morgan fingerprint density at radius 1 is 1.03 bits per heavy atom. The normalized spacial score (nSPS) is 15.7. The van der Waals surface area contributed by atoms with Crippen molar-refractivity contribution in [3.63, 3.8) is 0 Å². The third kappa shape index (κ3) is 4.86. The summed E-state index contributed by atoms with van der Waals surface area (Å²) in [6.07, 6.45) is 3.08. The minimum absolute atomic E-state index is 0.0931. The molecule has 1 aromatic carbocycles. The fourth-order valence-electron chi connectivity index (χ4n) is 3.48. The Morgan fingerprint density at radius 3 is 2.50 bits per heavy atom. The minimum atomic E-state index is -3.53. The molecule has 1 saturated heterocycles. The molecule has 0 unspecified atom stereocenters. The van der Waals surface area contributed by atoms with Crippen LogP contribution in [-0.4, -0.2) is 54.7 Å². The van der Waals surface area contributed by atoms with Gasteiger partial charge in [-0.3, -0.25) is 4.79 Å². The standard InChI is InChI=1S/C20H22ClN3O3S3/c21-17-9-10-20(29-17)30(26,27)24-13-11-23(12-14-24)19(25)8-4-3-7-18-22-15-5-1-2-6-16(15)28-18/h1-2,5-6,9-10H,3-4,7-8,11-14H2. The van der Waals surface area contributed by atoms with Crippen LogP contribution in [0.3, 0.4) is 0 Å². The molecule has 0 atom stereocenters. The third-order valence-corrected chi connectivity index (χ3v) is 9.80. The molecule has 1 aliphatic heterocycles. The third-order valence-electron chi connectivity index (χ3n) is 5.10. The number of aryl methyl sites for hydroxylation is 1. The van der Waals surface area contributed by atoms with Crippen molar-refractivity contribution in [2.24, 2.45) is 0 Å². The van der Waals surface area contributed by atoms with Crippen molar-refractivity contribution in [1.82, 2.24) is 14.2 Å². The van der Waals surface area contributed by atoms with Crippen LogP contribution in [0, 0.1) is 0 Å². The number of thiophene rings is 1. The van der Waals surface area contributed by atoms with Gasteiger partial charge in [0.05, 0.1) is 19.6 Å². The molecule has 0 saturated carbocycles. The Morgan fingerprint density at radius 2 is 1.80 bits per heavy atom. The van der Waals surface area contributed by atoms with Gasteiger partial charge in [0, 0.05) is 32.6 Å². The molecule has 30 heavy (non-hydrogen) atoms. The number of hydrogen-bond acceptors (Lipinski definition) is 6. The summed E-state index contributed by atoms with van der Waals surface area (Å²) in [7, 11) is -3.53. The lowest BCUT2D eigenvalue weighted by atomic mass is 10.1. The lowest BCUT2D eigenvalue weighted by molar-refractivity contribution is -0.132. The van der Waals surface area contributed by atoms with E-state index in [1.54, 1.807) is 22.3 Å². The summed E-state index contributed by atoms with van der Waals surface area (Å²) in [6.45, 7) is 1.48. The van der Waals surface area contributed by atoms with Gasteiger partial charge in [-0.05, 0) is 43.5 Å². The number of thiazole rings is 1. The average Bonchev–Trinajstić information content (AvgIpc) is 3.37. The van der Waals surface area contributed by atoms with Crippen LogP contribution in [0.25, 0.3) is 10.2 Å². The number of amides is 1. The molecule has 10 heteroatoms. The zero-order chi connectivity index (χ0) is 21.1. The highest BCUT2D eigenvalue weighted by molar-refractivity contribution is 7.91. The van der Waals surface area contributed by atoms with Crippen LogP contribution in [0.4, 0.5) is 0 Å². The van der Waals surface area contributed by atoms with Gasteiger partial charge >= 0.3 is 0 Å². The van der Waals surface area contributed by atoms with E-state index in [1.165, 1.54) is 15.1 Å². The van der Waals surface area contributed by atoms with E-state index < -0.39 is 10.0 Å². The van der Waals surface area contributed by atoms with E-state index in [0.717, 1.165) is 41.1 Å². The summed E-state index contributed by atoms with van der Waals surface area (Å²) in [6, 6.07) is 11.2. The zero-order valence-corrected chi connectivity index (χ0v) is 19.5. The van der Waals surface area contributed by atoms with Gasteiger partial charge < -0.3 is 4.90 Å². The molecule has 1 aliphatic rings. The summed E-state index contributed by atoms with van der Waals surface area (Å²) in [5.74, 6) is 0.0931. The van der Waals surface area contributed by atoms with Gasteiger partial charge in [-0.25, -0.2) is 13.4 Å². The molecule has 4 rings (SSSR count). The predicted octanol–water partition coefficient (Wildman–Crippen LogP) is 4.26. The highest BCUT2D eigenvalue weighted by atomic mass is 35.5. The van der Waals surface area contributed by atoms with Crippen molar-refractivity contribution in [1.29, 1.82) is 0 Å². The Hall–Kier alpha value is -1.52. The first-order valence-electron chi connectivity index (χ1n) is 9.81. The zero-order valence-electron chi connectivity index (χ0n) is 16.3. The van der Waals surface area contributed by atoms with E-state index in [9.17, 15) is 13.2 Å². The van der Waals surface area contributed by atoms with E-state index in [0.29, 0.717) is 36.9 Å². The Labute approximate surface area is 189 Å². The molecular weight excluding hydrogens is 462 g/mol. The topological polar surface area (TPSA) is 70.6 Å². The second-order valence-electron chi connectivity index (χ2n) is 7.13. The number of piperazine rings is 1. The van der Waals surface area contributed by atoms with E-state index in [2.05, 4.69) is 11.1 Å². The Balaban J connectivity index is 1.21. The van der Waals surface area contributed by atoms with Crippen molar-refractivity contribution in [2.75, 3.05) is 26.2 Å². The number of fused-ring (bicyclic) bond motifs is 1. The number of hydrogen-bond donors (Lipinski definition) is 0. The maximum absolute atomic E-state index is 12.7. The van der Waals surface area contributed by atoms with Crippen LogP contribution in [0.15, 0.2) is 40.6 Å². The number of unbranched alkanes of at least 4 members (excludes halogenated alkanes) is 1. The first-order chi connectivity index (χ1) is 14.4. The van der Waals surface area contributed by atoms with Gasteiger partial charge in [-0.1, -0.05) is 23.7 Å². The molecule has 0 bridgehead atoms. The fraction of sp³-hybridized carbons (Fsp3) is 0.400. The second kappa shape index (κ2) is 9.32. The molecule has 1 amide bonds. The molecule has 0 radical (unpaired) electrons. The largest absolute Gasteiger partial charge is 0.340 e. The van der Waals surface area contributed by atoms with E-state index in [1.807, 2.05) is 18.2 Å². The van der Waals surface area contributed by atoms with Crippen LogP contribution in [0.1, 0.15) is 24.3 Å². The van der Waals surface area contributed by atoms with Gasteiger partial charge in [0.2, 0.25) is 5.91 Å². The lowest BCUT2D eigenvalue weighted by Crippen LogP contribution is -2.50. The summed E-state index contributed by atoms with van der Waals surface area (Å²) >= 11 is 8.64. The van der Waals surface area contributed by atoms with E-state index in [4.69, 9.17) is 11.6 Å². The van der Waals surface area contributed by atoms with Gasteiger partial charge in [-0.2, -0.15) is 4.31 Å². The SMILES string of the molecule is O=C(CCCCc1nc2ccccc2s1)N1CCN(S(=O)(=O)c2ccc(Cl)s2)CC1. The number of nitrogens with zero attached hydrogens (tertiary/aromatic N) is 3. The summed E-state index contributed by atoms with van der Waals surface area (Å²) in [5, 5.41) is 1.11. The molecule has 0 aliphatic carbocycles. The predicted molar refractivity (Wildman–Crippen MR) is 122 cm³/mol. The second-order valence-corrected chi connectivity index (χ2v) is 12.1. The number of carbonyl (C=O) groups excluding carboxylic acids is 1. The average molecular weight is 484 g/mol. The molecule has 1 fully saturated rings. The van der Waals surface area contributed by atoms with Crippen molar-refractivity contribution < 1.29 is 13.2 Å². The molecular formula is C20H22ClN3O3S3. The maximum Gasteiger partial charge on any atom is 0.252 e. The number of benzene rings is 1. The van der Waals surface area contributed by atoms with Gasteiger partial charge in [0.15, 0.2) is 0 Å². The highest BCUT2D eigenvalue weighted by Gasteiger charge is 2.30. The van der Waals surface area contributed by atoms with Crippen LogP contribution in [0.2, 0.25) is 4.34 Å². The Bertz CT molecular complexity index is 1100. The number of halogens is 1. The van der Waals surface area contributed by atoms with Crippen molar-refractivity contribution >= 4 is 60.4 Å². The van der Waals surface area contributed by atoms with E-state index >= 15 is 0 Å². The number of aromatic nitrogens is 1. The summed E-state index contributed by atoms with van der Waals surface area (Å²) in [4.78, 5) is 18.9. The quantitative estimate of drug-likeness (QED) is 0.471.